The van der Waals surface area contributed by atoms with Crippen molar-refractivity contribution in [2.75, 3.05) is 26.2 Å². The van der Waals surface area contributed by atoms with Gasteiger partial charge in [-0.2, -0.15) is 0 Å². The van der Waals surface area contributed by atoms with E-state index in [-0.39, 0.29) is 12.6 Å². The molecule has 0 aromatic heterocycles. The molecule has 4 nitrogen and oxygen atoms in total. The zero-order valence-corrected chi connectivity index (χ0v) is 13.8. The van der Waals surface area contributed by atoms with E-state index in [0.717, 1.165) is 18.4 Å². The highest BCUT2D eigenvalue weighted by Crippen LogP contribution is 2.19. The molecular formula is C15H22Cl2N2O2. The smallest absolute Gasteiger partial charge is 0.317 e. The Bertz CT molecular complexity index is 435. The molecule has 0 aliphatic heterocycles. The van der Waals surface area contributed by atoms with Crippen LogP contribution in [0.3, 0.4) is 0 Å². The van der Waals surface area contributed by atoms with Gasteiger partial charge in [-0.1, -0.05) is 36.5 Å². The van der Waals surface area contributed by atoms with Gasteiger partial charge in [0.25, 0.3) is 0 Å². The van der Waals surface area contributed by atoms with Crippen molar-refractivity contribution >= 4 is 29.2 Å². The minimum absolute atomic E-state index is 0.0268. The summed E-state index contributed by atoms with van der Waals surface area (Å²) < 4.78 is 0. The van der Waals surface area contributed by atoms with Gasteiger partial charge in [0, 0.05) is 29.7 Å². The van der Waals surface area contributed by atoms with Crippen molar-refractivity contribution in [1.82, 2.24) is 10.2 Å². The number of unbranched alkanes of at least 4 members (excludes halogenated alkanes) is 1. The highest BCUT2D eigenvalue weighted by atomic mass is 35.5. The molecule has 0 bridgehead atoms. The number of hydrogen-bond donors (Lipinski definition) is 2. The second-order valence-corrected chi connectivity index (χ2v) is 5.70. The molecule has 2 N–H and O–H groups in total. The maximum absolute atomic E-state index is 12.0. The fourth-order valence-electron chi connectivity index (χ4n) is 1.97. The number of urea groups is 1. The molecule has 0 radical (unpaired) electrons. The molecule has 0 saturated carbocycles. The molecule has 1 aromatic carbocycles. The lowest BCUT2D eigenvalue weighted by Crippen LogP contribution is -2.42. The van der Waals surface area contributed by atoms with Gasteiger partial charge in [-0.05, 0) is 36.6 Å². The summed E-state index contributed by atoms with van der Waals surface area (Å²) in [6.07, 6.45) is 2.60. The lowest BCUT2D eigenvalue weighted by molar-refractivity contribution is 0.176. The van der Waals surface area contributed by atoms with Gasteiger partial charge in [0.1, 0.15) is 0 Å². The van der Waals surface area contributed by atoms with Gasteiger partial charge in [-0.3, -0.25) is 0 Å². The monoisotopic (exact) mass is 332 g/mol. The third kappa shape index (κ3) is 7.02. The molecule has 1 rings (SSSR count). The number of benzene rings is 1. The summed E-state index contributed by atoms with van der Waals surface area (Å²) >= 11 is 11.9. The van der Waals surface area contributed by atoms with Crippen LogP contribution in [-0.2, 0) is 6.42 Å². The molecule has 0 aliphatic rings. The van der Waals surface area contributed by atoms with Crippen LogP contribution >= 0.6 is 23.2 Å². The molecule has 0 aliphatic carbocycles. The topological polar surface area (TPSA) is 52.6 Å². The normalized spacial score (nSPS) is 10.5. The first kappa shape index (κ1) is 18.1. The maximum Gasteiger partial charge on any atom is 0.317 e. The highest BCUT2D eigenvalue weighted by Gasteiger charge is 2.11. The Kier molecular flexibility index (Phi) is 8.50. The Hall–Kier alpha value is -0.970. The predicted octanol–water partition coefficient (Wildman–Crippen LogP) is 3.34. The van der Waals surface area contributed by atoms with Crippen molar-refractivity contribution in [2.45, 2.75) is 26.2 Å². The lowest BCUT2D eigenvalue weighted by Gasteiger charge is -2.22. The van der Waals surface area contributed by atoms with E-state index in [9.17, 15) is 4.79 Å². The Morgan fingerprint density at radius 2 is 1.90 bits per heavy atom. The Morgan fingerprint density at radius 3 is 2.48 bits per heavy atom. The minimum Gasteiger partial charge on any atom is -0.395 e. The van der Waals surface area contributed by atoms with E-state index in [1.54, 1.807) is 11.0 Å². The maximum atomic E-state index is 12.0. The number of aliphatic hydroxyl groups is 1. The summed E-state index contributed by atoms with van der Waals surface area (Å²) in [6, 6.07) is 5.20. The highest BCUT2D eigenvalue weighted by molar-refractivity contribution is 6.34. The first-order valence-electron chi connectivity index (χ1n) is 7.15. The van der Waals surface area contributed by atoms with Crippen molar-refractivity contribution < 1.29 is 9.90 Å². The van der Waals surface area contributed by atoms with Gasteiger partial charge >= 0.3 is 6.03 Å². The number of halogens is 2. The third-order valence-corrected chi connectivity index (χ3v) is 3.49. The fourth-order valence-corrected chi connectivity index (χ4v) is 2.54. The van der Waals surface area contributed by atoms with Gasteiger partial charge in [-0.15, -0.1) is 0 Å². The molecule has 6 heteroatoms. The number of nitrogens with one attached hydrogen (secondary N) is 1. The van der Waals surface area contributed by atoms with Crippen molar-refractivity contribution in [3.05, 3.63) is 33.8 Å². The van der Waals surface area contributed by atoms with Crippen LogP contribution in [0, 0.1) is 0 Å². The molecule has 2 amide bonds. The number of carbonyl (C=O) groups excluding carboxylic acids is 1. The van der Waals surface area contributed by atoms with Gasteiger partial charge in [-0.25, -0.2) is 4.79 Å². The number of nitrogens with zero attached hydrogens (tertiary/aromatic N) is 1. The van der Waals surface area contributed by atoms with Crippen molar-refractivity contribution in [3.63, 3.8) is 0 Å². The molecule has 118 valence electrons. The second-order valence-electron chi connectivity index (χ2n) is 4.82. The van der Waals surface area contributed by atoms with E-state index in [0.29, 0.717) is 36.1 Å². The van der Waals surface area contributed by atoms with Crippen LogP contribution in [0.5, 0.6) is 0 Å². The third-order valence-electron chi connectivity index (χ3n) is 3.05. The van der Waals surface area contributed by atoms with E-state index in [1.165, 1.54) is 0 Å². The number of rotatable bonds is 8. The number of hydrogen-bond acceptors (Lipinski definition) is 2. The van der Waals surface area contributed by atoms with Crippen LogP contribution < -0.4 is 5.32 Å². The summed E-state index contributed by atoms with van der Waals surface area (Å²) in [5, 5.41) is 13.0. The van der Waals surface area contributed by atoms with Gasteiger partial charge < -0.3 is 15.3 Å². The lowest BCUT2D eigenvalue weighted by atomic mass is 10.1. The van der Waals surface area contributed by atoms with E-state index >= 15 is 0 Å². The SMILES string of the molecule is CCCCN(CCO)C(=O)NCCc1cc(Cl)cc(Cl)c1. The fraction of sp³-hybridized carbons (Fsp3) is 0.533. The van der Waals surface area contributed by atoms with Gasteiger partial charge in [0.05, 0.1) is 6.61 Å². The minimum atomic E-state index is -0.148. The first-order chi connectivity index (χ1) is 10.1. The average molecular weight is 333 g/mol. The molecule has 21 heavy (non-hydrogen) atoms. The Balaban J connectivity index is 2.43. The summed E-state index contributed by atoms with van der Waals surface area (Å²) in [5.74, 6) is 0. The Morgan fingerprint density at radius 1 is 1.24 bits per heavy atom. The summed E-state index contributed by atoms with van der Waals surface area (Å²) in [7, 11) is 0. The van der Waals surface area contributed by atoms with Gasteiger partial charge in [0.2, 0.25) is 0 Å². The number of carbonyl (C=O) groups is 1. The van der Waals surface area contributed by atoms with Crippen LogP contribution in [0.15, 0.2) is 18.2 Å². The molecule has 0 fully saturated rings. The van der Waals surface area contributed by atoms with Crippen LogP contribution in [0.4, 0.5) is 4.79 Å². The van der Waals surface area contributed by atoms with Gasteiger partial charge in [0.15, 0.2) is 0 Å². The summed E-state index contributed by atoms with van der Waals surface area (Å²) in [4.78, 5) is 13.6. The zero-order chi connectivity index (χ0) is 15.7. The largest absolute Gasteiger partial charge is 0.395 e. The molecule has 1 aromatic rings. The van der Waals surface area contributed by atoms with Crippen molar-refractivity contribution in [3.8, 4) is 0 Å². The average Bonchev–Trinajstić information content (AvgIpc) is 2.42. The van der Waals surface area contributed by atoms with Crippen LogP contribution in [-0.4, -0.2) is 42.3 Å². The molecular weight excluding hydrogens is 311 g/mol. The van der Waals surface area contributed by atoms with E-state index in [2.05, 4.69) is 12.2 Å². The van der Waals surface area contributed by atoms with Crippen LogP contribution in [0.2, 0.25) is 10.0 Å². The molecule has 0 unspecified atom stereocenters. The number of amides is 2. The van der Waals surface area contributed by atoms with Crippen molar-refractivity contribution in [1.29, 1.82) is 0 Å². The van der Waals surface area contributed by atoms with E-state index < -0.39 is 0 Å². The van der Waals surface area contributed by atoms with Crippen molar-refractivity contribution in [2.24, 2.45) is 0 Å². The van der Waals surface area contributed by atoms with Crippen LogP contribution in [0.25, 0.3) is 0 Å². The van der Waals surface area contributed by atoms with E-state index in [1.807, 2.05) is 12.1 Å². The van der Waals surface area contributed by atoms with Crippen LogP contribution in [0.1, 0.15) is 25.3 Å². The first-order valence-corrected chi connectivity index (χ1v) is 7.91. The Labute approximate surface area is 136 Å². The number of aliphatic hydroxyl groups excluding tert-OH is 1. The molecule has 0 heterocycles. The molecule has 0 spiro atoms. The quantitative estimate of drug-likeness (QED) is 0.767. The second kappa shape index (κ2) is 9.87. The predicted molar refractivity (Wildman–Crippen MR) is 87.1 cm³/mol. The zero-order valence-electron chi connectivity index (χ0n) is 12.2. The molecule has 0 atom stereocenters. The standard InChI is InChI=1S/C15H22Cl2N2O2/c1-2-3-6-19(7-8-20)15(21)18-5-4-12-9-13(16)11-14(17)10-12/h9-11,20H,2-8H2,1H3,(H,18,21). The van der Waals surface area contributed by atoms with E-state index in [4.69, 9.17) is 28.3 Å². The summed E-state index contributed by atoms with van der Waals surface area (Å²) in [6.45, 7) is 3.56. The molecule has 0 saturated heterocycles. The summed E-state index contributed by atoms with van der Waals surface area (Å²) in [5.41, 5.74) is 0.982.